The molecule has 0 amide bonds. The SMILES string of the molecule is COc1ccc(-c2noc(CN3CCN(Cc4nc(C)no4)CC3)n2)cc1. The Labute approximate surface area is 156 Å². The van der Waals surface area contributed by atoms with Crippen molar-refractivity contribution in [2.45, 2.75) is 20.0 Å². The van der Waals surface area contributed by atoms with Gasteiger partial charge in [-0.05, 0) is 31.2 Å². The van der Waals surface area contributed by atoms with Crippen molar-refractivity contribution in [1.82, 2.24) is 30.1 Å². The molecule has 0 N–H and O–H groups in total. The van der Waals surface area contributed by atoms with Crippen LogP contribution in [-0.2, 0) is 13.1 Å². The minimum atomic E-state index is 0.595. The van der Waals surface area contributed by atoms with Gasteiger partial charge in [-0.3, -0.25) is 9.80 Å². The number of nitrogens with zero attached hydrogens (tertiary/aromatic N) is 6. The average Bonchev–Trinajstić information content (AvgIpc) is 3.32. The Balaban J connectivity index is 1.29. The highest BCUT2D eigenvalue weighted by Crippen LogP contribution is 2.20. The molecule has 0 radical (unpaired) electrons. The van der Waals surface area contributed by atoms with Crippen molar-refractivity contribution in [3.8, 4) is 17.1 Å². The van der Waals surface area contributed by atoms with Crippen LogP contribution in [0.2, 0.25) is 0 Å². The van der Waals surface area contributed by atoms with E-state index in [1.807, 2.05) is 31.2 Å². The molecule has 1 aliphatic rings. The highest BCUT2D eigenvalue weighted by atomic mass is 16.5. The topological polar surface area (TPSA) is 93.6 Å². The van der Waals surface area contributed by atoms with Gasteiger partial charge in [-0.15, -0.1) is 0 Å². The van der Waals surface area contributed by atoms with Gasteiger partial charge in [0.1, 0.15) is 5.75 Å². The van der Waals surface area contributed by atoms with Crippen molar-refractivity contribution in [2.24, 2.45) is 0 Å². The van der Waals surface area contributed by atoms with Crippen LogP contribution in [0.3, 0.4) is 0 Å². The Morgan fingerprint density at radius 2 is 1.48 bits per heavy atom. The fourth-order valence-electron chi connectivity index (χ4n) is 3.07. The summed E-state index contributed by atoms with van der Waals surface area (Å²) in [5.74, 6) is 3.37. The monoisotopic (exact) mass is 370 g/mol. The van der Waals surface area contributed by atoms with Crippen LogP contribution in [0, 0.1) is 6.92 Å². The van der Waals surface area contributed by atoms with Crippen LogP contribution in [-0.4, -0.2) is 63.4 Å². The maximum atomic E-state index is 5.42. The number of piperazine rings is 1. The first kappa shape index (κ1) is 17.6. The van der Waals surface area contributed by atoms with E-state index in [1.165, 1.54) is 0 Å². The van der Waals surface area contributed by atoms with E-state index >= 15 is 0 Å². The van der Waals surface area contributed by atoms with Gasteiger partial charge in [0.2, 0.25) is 17.6 Å². The molecule has 142 valence electrons. The van der Waals surface area contributed by atoms with Crippen molar-refractivity contribution in [2.75, 3.05) is 33.3 Å². The van der Waals surface area contributed by atoms with Gasteiger partial charge in [0.05, 0.1) is 20.2 Å². The van der Waals surface area contributed by atoms with Crippen LogP contribution >= 0.6 is 0 Å². The number of hydrogen-bond donors (Lipinski definition) is 0. The van der Waals surface area contributed by atoms with Crippen molar-refractivity contribution >= 4 is 0 Å². The molecule has 1 aromatic carbocycles. The minimum absolute atomic E-state index is 0.595. The van der Waals surface area contributed by atoms with Crippen LogP contribution < -0.4 is 4.74 Å². The molecule has 4 rings (SSSR count). The van der Waals surface area contributed by atoms with E-state index in [9.17, 15) is 0 Å². The van der Waals surface area contributed by atoms with Crippen molar-refractivity contribution in [3.05, 3.63) is 41.9 Å². The van der Waals surface area contributed by atoms with E-state index in [2.05, 4.69) is 30.1 Å². The molecule has 0 aliphatic carbocycles. The smallest absolute Gasteiger partial charge is 0.241 e. The summed E-state index contributed by atoms with van der Waals surface area (Å²) in [6.45, 7) is 6.88. The van der Waals surface area contributed by atoms with Gasteiger partial charge in [-0.1, -0.05) is 10.3 Å². The summed E-state index contributed by atoms with van der Waals surface area (Å²) in [5.41, 5.74) is 0.908. The van der Waals surface area contributed by atoms with Crippen LogP contribution in [0.4, 0.5) is 0 Å². The lowest BCUT2D eigenvalue weighted by molar-refractivity contribution is 0.103. The van der Waals surface area contributed by atoms with Gasteiger partial charge >= 0.3 is 0 Å². The molecular formula is C18H22N6O3. The van der Waals surface area contributed by atoms with Crippen LogP contribution in [0.15, 0.2) is 33.3 Å². The number of aryl methyl sites for hydroxylation is 1. The fourth-order valence-corrected chi connectivity index (χ4v) is 3.07. The Morgan fingerprint density at radius 3 is 2.04 bits per heavy atom. The molecule has 1 aliphatic heterocycles. The van der Waals surface area contributed by atoms with Gasteiger partial charge in [0.25, 0.3) is 0 Å². The second-order valence-corrected chi connectivity index (χ2v) is 6.53. The molecule has 9 heteroatoms. The molecule has 27 heavy (non-hydrogen) atoms. The molecule has 1 fully saturated rings. The summed E-state index contributed by atoms with van der Waals surface area (Å²) in [7, 11) is 1.64. The maximum absolute atomic E-state index is 5.42. The maximum Gasteiger partial charge on any atom is 0.241 e. The summed E-state index contributed by atoms with van der Waals surface area (Å²) in [5, 5.41) is 7.92. The lowest BCUT2D eigenvalue weighted by atomic mass is 10.2. The first-order chi connectivity index (χ1) is 13.2. The van der Waals surface area contributed by atoms with E-state index < -0.39 is 0 Å². The second-order valence-electron chi connectivity index (χ2n) is 6.53. The lowest BCUT2D eigenvalue weighted by Gasteiger charge is -2.32. The minimum Gasteiger partial charge on any atom is -0.497 e. The largest absolute Gasteiger partial charge is 0.497 e. The third kappa shape index (κ3) is 4.32. The van der Waals surface area contributed by atoms with Crippen molar-refractivity contribution < 1.29 is 13.8 Å². The van der Waals surface area contributed by atoms with Crippen LogP contribution in [0.1, 0.15) is 17.6 Å². The first-order valence-corrected chi connectivity index (χ1v) is 8.90. The number of benzene rings is 1. The zero-order chi connectivity index (χ0) is 18.6. The zero-order valence-electron chi connectivity index (χ0n) is 15.5. The van der Waals surface area contributed by atoms with Crippen molar-refractivity contribution in [1.29, 1.82) is 0 Å². The van der Waals surface area contributed by atoms with Gasteiger partial charge in [-0.2, -0.15) is 9.97 Å². The van der Waals surface area contributed by atoms with Gasteiger partial charge in [-0.25, -0.2) is 0 Å². The summed E-state index contributed by atoms with van der Waals surface area (Å²) < 4.78 is 15.8. The molecule has 0 spiro atoms. The standard InChI is InChI=1S/C18H22N6O3/c1-13-19-16(26-21-13)11-23-7-9-24(10-8-23)12-17-20-18(22-27-17)14-3-5-15(25-2)6-4-14/h3-6H,7-12H2,1-2H3. The molecule has 3 aromatic rings. The molecule has 0 saturated carbocycles. The Bertz CT molecular complexity index is 867. The molecule has 0 bridgehead atoms. The van der Waals surface area contributed by atoms with E-state index in [-0.39, 0.29) is 0 Å². The highest BCUT2D eigenvalue weighted by molar-refractivity contribution is 5.55. The molecule has 9 nitrogen and oxygen atoms in total. The molecule has 3 heterocycles. The van der Waals surface area contributed by atoms with Gasteiger partial charge in [0, 0.05) is 31.7 Å². The predicted molar refractivity (Wildman–Crippen MR) is 95.9 cm³/mol. The Hall–Kier alpha value is -2.78. The molecule has 0 unspecified atom stereocenters. The summed E-state index contributed by atoms with van der Waals surface area (Å²) in [4.78, 5) is 13.4. The normalized spacial score (nSPS) is 15.9. The number of hydrogen-bond acceptors (Lipinski definition) is 9. The van der Waals surface area contributed by atoms with E-state index in [1.54, 1.807) is 7.11 Å². The molecule has 1 saturated heterocycles. The second kappa shape index (κ2) is 7.85. The van der Waals surface area contributed by atoms with E-state index in [4.69, 9.17) is 13.8 Å². The number of methoxy groups -OCH3 is 1. The lowest BCUT2D eigenvalue weighted by Crippen LogP contribution is -2.45. The van der Waals surface area contributed by atoms with Crippen LogP contribution in [0.5, 0.6) is 5.75 Å². The van der Waals surface area contributed by atoms with Gasteiger partial charge < -0.3 is 13.8 Å². The van der Waals surface area contributed by atoms with Crippen LogP contribution in [0.25, 0.3) is 11.4 Å². The molecule has 0 atom stereocenters. The fraction of sp³-hybridized carbons (Fsp3) is 0.444. The average molecular weight is 370 g/mol. The summed E-state index contributed by atoms with van der Waals surface area (Å²) in [6, 6.07) is 7.61. The summed E-state index contributed by atoms with van der Waals surface area (Å²) in [6.07, 6.45) is 0. The van der Waals surface area contributed by atoms with E-state index in [0.29, 0.717) is 36.5 Å². The molecule has 2 aromatic heterocycles. The predicted octanol–water partition coefficient (Wildman–Crippen LogP) is 1.75. The van der Waals surface area contributed by atoms with Gasteiger partial charge in [0.15, 0.2) is 5.82 Å². The first-order valence-electron chi connectivity index (χ1n) is 8.90. The number of aromatic nitrogens is 4. The number of ether oxygens (including phenoxy) is 1. The quantitative estimate of drug-likeness (QED) is 0.643. The summed E-state index contributed by atoms with van der Waals surface area (Å²) >= 11 is 0. The zero-order valence-corrected chi connectivity index (χ0v) is 15.5. The molecular weight excluding hydrogens is 348 g/mol. The third-order valence-corrected chi connectivity index (χ3v) is 4.57. The van der Waals surface area contributed by atoms with Crippen molar-refractivity contribution in [3.63, 3.8) is 0 Å². The Kier molecular flexibility index (Phi) is 5.12. The number of rotatable bonds is 6. The van der Waals surface area contributed by atoms with E-state index in [0.717, 1.165) is 37.5 Å². The Morgan fingerprint density at radius 1 is 0.889 bits per heavy atom. The highest BCUT2D eigenvalue weighted by Gasteiger charge is 2.21. The third-order valence-electron chi connectivity index (χ3n) is 4.57.